The Balaban J connectivity index is 2.04. The van der Waals surface area contributed by atoms with Gasteiger partial charge in [-0.25, -0.2) is 8.42 Å². The Morgan fingerprint density at radius 3 is 2.05 bits per heavy atom. The van der Waals surface area contributed by atoms with Crippen molar-refractivity contribution in [2.24, 2.45) is 0 Å². The van der Waals surface area contributed by atoms with Gasteiger partial charge in [-0.1, -0.05) is 0 Å². The molecule has 1 amide bonds. The molecule has 2 aliphatic heterocycles. The second-order valence-corrected chi connectivity index (χ2v) is 8.25. The van der Waals surface area contributed by atoms with Crippen LogP contribution in [0.1, 0.15) is 26.7 Å². The molecule has 2 rings (SSSR count). The van der Waals surface area contributed by atoms with Crippen molar-refractivity contribution >= 4 is 15.7 Å². The third-order valence-electron chi connectivity index (χ3n) is 4.07. The zero-order valence-corrected chi connectivity index (χ0v) is 12.5. The van der Waals surface area contributed by atoms with Gasteiger partial charge in [0.05, 0.1) is 13.2 Å². The molecule has 2 saturated heterocycles. The number of ether oxygens (including phenoxy) is 2. The van der Waals surface area contributed by atoms with Gasteiger partial charge in [0.2, 0.25) is 5.91 Å². The molecule has 0 saturated carbocycles. The Labute approximate surface area is 114 Å². The van der Waals surface area contributed by atoms with Crippen LogP contribution in [-0.2, 0) is 24.1 Å². The van der Waals surface area contributed by atoms with Crippen LogP contribution in [0.4, 0.5) is 0 Å². The van der Waals surface area contributed by atoms with Gasteiger partial charge in [0, 0.05) is 32.2 Å². The molecule has 0 aromatic heterocycles. The average Bonchev–Trinajstić information content (AvgIpc) is 2.76. The maximum atomic E-state index is 12.3. The second-order valence-electron chi connectivity index (χ2n) is 5.68. The predicted molar refractivity (Wildman–Crippen MR) is 69.4 cm³/mol. The number of hydrogen-bond acceptors (Lipinski definition) is 5. The fraction of sp³-hybridized carbons (Fsp3) is 0.917. The minimum Gasteiger partial charge on any atom is -0.347 e. The molecule has 0 N–H and O–H groups in total. The van der Waals surface area contributed by atoms with Gasteiger partial charge in [0.1, 0.15) is 4.75 Å². The van der Waals surface area contributed by atoms with Crippen LogP contribution < -0.4 is 0 Å². The van der Waals surface area contributed by atoms with Crippen LogP contribution in [0.15, 0.2) is 0 Å². The topological polar surface area (TPSA) is 72.9 Å². The van der Waals surface area contributed by atoms with Crippen LogP contribution in [0.2, 0.25) is 0 Å². The summed E-state index contributed by atoms with van der Waals surface area (Å²) in [6, 6.07) is 0. The number of amides is 1. The predicted octanol–water partition coefficient (Wildman–Crippen LogP) is 0.175. The van der Waals surface area contributed by atoms with Gasteiger partial charge in [-0.3, -0.25) is 4.79 Å². The third-order valence-corrected chi connectivity index (χ3v) is 6.10. The average molecular weight is 291 g/mol. The normalized spacial score (nSPS) is 23.8. The summed E-state index contributed by atoms with van der Waals surface area (Å²) >= 11 is 0. The highest BCUT2D eigenvalue weighted by Gasteiger charge is 2.46. The Kier molecular flexibility index (Phi) is 3.66. The summed E-state index contributed by atoms with van der Waals surface area (Å²) in [5.74, 6) is -0.894. The summed E-state index contributed by atoms with van der Waals surface area (Å²) in [6.45, 7) is 5.02. The Bertz CT molecular complexity index is 455. The molecule has 0 unspecified atom stereocenters. The van der Waals surface area contributed by atoms with Gasteiger partial charge in [-0.15, -0.1) is 0 Å². The summed E-state index contributed by atoms with van der Waals surface area (Å²) in [6.07, 6.45) is 2.29. The van der Waals surface area contributed by atoms with Crippen LogP contribution in [-0.4, -0.2) is 62.3 Å². The second kappa shape index (κ2) is 4.71. The van der Waals surface area contributed by atoms with E-state index in [1.807, 2.05) is 0 Å². The van der Waals surface area contributed by atoms with E-state index >= 15 is 0 Å². The molecule has 1 spiro atoms. The summed E-state index contributed by atoms with van der Waals surface area (Å²) in [5.41, 5.74) is 0. The van der Waals surface area contributed by atoms with Crippen LogP contribution in [0.5, 0.6) is 0 Å². The molecule has 0 aliphatic carbocycles. The molecule has 19 heavy (non-hydrogen) atoms. The first-order valence-corrected chi connectivity index (χ1v) is 8.34. The van der Waals surface area contributed by atoms with E-state index in [0.29, 0.717) is 39.1 Å². The number of likely N-dealkylation sites (tertiary alicyclic amines) is 1. The largest absolute Gasteiger partial charge is 0.347 e. The van der Waals surface area contributed by atoms with E-state index in [-0.39, 0.29) is 5.91 Å². The van der Waals surface area contributed by atoms with E-state index < -0.39 is 20.4 Å². The molecule has 7 heteroatoms. The Hall–Kier alpha value is -0.660. The molecule has 0 aromatic rings. The first kappa shape index (κ1) is 14.7. The highest BCUT2D eigenvalue weighted by molar-refractivity contribution is 7.92. The minimum atomic E-state index is -3.43. The first-order valence-electron chi connectivity index (χ1n) is 6.45. The lowest BCUT2D eigenvalue weighted by Gasteiger charge is -2.40. The highest BCUT2D eigenvalue weighted by atomic mass is 32.2. The van der Waals surface area contributed by atoms with Crippen LogP contribution in [0.3, 0.4) is 0 Å². The van der Waals surface area contributed by atoms with Gasteiger partial charge in [0.25, 0.3) is 0 Å². The van der Waals surface area contributed by atoms with Crippen molar-refractivity contribution in [3.63, 3.8) is 0 Å². The molecule has 2 aliphatic rings. The molecular formula is C12H21NO5S. The van der Waals surface area contributed by atoms with E-state index in [4.69, 9.17) is 9.47 Å². The van der Waals surface area contributed by atoms with Gasteiger partial charge in [0.15, 0.2) is 15.6 Å². The molecule has 6 nitrogen and oxygen atoms in total. The Morgan fingerprint density at radius 2 is 1.63 bits per heavy atom. The monoisotopic (exact) mass is 291 g/mol. The van der Waals surface area contributed by atoms with Gasteiger partial charge < -0.3 is 14.4 Å². The van der Waals surface area contributed by atoms with E-state index in [0.717, 1.165) is 6.26 Å². The number of piperidine rings is 1. The zero-order chi connectivity index (χ0) is 14.3. The molecule has 110 valence electrons. The van der Waals surface area contributed by atoms with Crippen molar-refractivity contribution in [2.75, 3.05) is 32.6 Å². The number of carbonyl (C=O) groups is 1. The number of sulfone groups is 1. The van der Waals surface area contributed by atoms with Gasteiger partial charge in [-0.05, 0) is 13.8 Å². The van der Waals surface area contributed by atoms with E-state index in [9.17, 15) is 13.2 Å². The summed E-state index contributed by atoms with van der Waals surface area (Å²) in [7, 11) is -3.43. The van der Waals surface area contributed by atoms with E-state index in [1.165, 1.54) is 13.8 Å². The van der Waals surface area contributed by atoms with Crippen molar-refractivity contribution in [1.29, 1.82) is 0 Å². The van der Waals surface area contributed by atoms with Crippen molar-refractivity contribution in [3.05, 3.63) is 0 Å². The maximum absolute atomic E-state index is 12.3. The van der Waals surface area contributed by atoms with E-state index in [1.54, 1.807) is 4.90 Å². The van der Waals surface area contributed by atoms with Crippen molar-refractivity contribution in [1.82, 2.24) is 4.90 Å². The SMILES string of the molecule is CC(C)(C(=O)N1CCC2(CC1)OCCO2)S(C)(=O)=O. The quantitative estimate of drug-likeness (QED) is 0.725. The van der Waals surface area contributed by atoms with Crippen LogP contribution in [0.25, 0.3) is 0 Å². The molecule has 0 radical (unpaired) electrons. The van der Waals surface area contributed by atoms with Gasteiger partial charge >= 0.3 is 0 Å². The summed E-state index contributed by atoms with van der Waals surface area (Å²) in [5, 5.41) is 0. The lowest BCUT2D eigenvalue weighted by atomic mass is 10.0. The summed E-state index contributed by atoms with van der Waals surface area (Å²) in [4.78, 5) is 13.9. The fourth-order valence-corrected chi connectivity index (χ4v) is 2.82. The number of nitrogens with zero attached hydrogens (tertiary/aromatic N) is 1. The Morgan fingerprint density at radius 1 is 1.16 bits per heavy atom. The van der Waals surface area contributed by atoms with Crippen LogP contribution >= 0.6 is 0 Å². The van der Waals surface area contributed by atoms with Crippen molar-refractivity contribution in [3.8, 4) is 0 Å². The molecule has 0 bridgehead atoms. The lowest BCUT2D eigenvalue weighted by Crippen LogP contribution is -2.54. The molecule has 2 fully saturated rings. The zero-order valence-electron chi connectivity index (χ0n) is 11.6. The lowest BCUT2D eigenvalue weighted by molar-refractivity contribution is -0.187. The maximum Gasteiger partial charge on any atom is 0.243 e. The number of carbonyl (C=O) groups excluding carboxylic acids is 1. The van der Waals surface area contributed by atoms with Crippen molar-refractivity contribution in [2.45, 2.75) is 37.2 Å². The highest BCUT2D eigenvalue weighted by Crippen LogP contribution is 2.32. The number of rotatable bonds is 2. The third kappa shape index (κ3) is 2.64. The van der Waals surface area contributed by atoms with Crippen molar-refractivity contribution < 1.29 is 22.7 Å². The van der Waals surface area contributed by atoms with Crippen LogP contribution in [0, 0.1) is 0 Å². The number of hydrogen-bond donors (Lipinski definition) is 0. The standard InChI is InChI=1S/C12H21NO5S/c1-11(2,19(3,15)16)10(14)13-6-4-12(5-7-13)17-8-9-18-12/h4-9H2,1-3H3. The fourth-order valence-electron chi connectivity index (χ4n) is 2.38. The first-order chi connectivity index (χ1) is 8.68. The van der Waals surface area contributed by atoms with E-state index in [2.05, 4.69) is 0 Å². The molecule has 2 heterocycles. The summed E-state index contributed by atoms with van der Waals surface area (Å²) < 4.78 is 33.2. The van der Waals surface area contributed by atoms with Gasteiger partial charge in [-0.2, -0.15) is 0 Å². The molecule has 0 atom stereocenters. The smallest absolute Gasteiger partial charge is 0.243 e. The molecular weight excluding hydrogens is 270 g/mol. The molecule has 0 aromatic carbocycles. The minimum absolute atomic E-state index is 0.345.